The van der Waals surface area contributed by atoms with Gasteiger partial charge in [0.15, 0.2) is 0 Å². The second-order valence-electron chi connectivity index (χ2n) is 6.87. The van der Waals surface area contributed by atoms with Crippen LogP contribution in [0.25, 0.3) is 0 Å². The first kappa shape index (κ1) is 19.3. The number of nitrogens with one attached hydrogen (secondary N) is 3. The molecule has 0 atom stereocenters. The minimum absolute atomic E-state index is 0.0207. The van der Waals surface area contributed by atoms with Gasteiger partial charge in [-0.3, -0.25) is 4.79 Å². The van der Waals surface area contributed by atoms with Crippen LogP contribution in [0.5, 0.6) is 0 Å². The maximum atomic E-state index is 11.9. The van der Waals surface area contributed by atoms with Gasteiger partial charge in [-0.15, -0.1) is 0 Å². The predicted molar refractivity (Wildman–Crippen MR) is 112 cm³/mol. The Hall–Kier alpha value is -3.48. The predicted octanol–water partition coefficient (Wildman–Crippen LogP) is 4.65. The fourth-order valence-electron chi connectivity index (χ4n) is 2.63. The first-order valence-corrected chi connectivity index (χ1v) is 9.18. The number of nitrogens with zero attached hydrogens (tertiary/aromatic N) is 3. The number of aryl methyl sites for hydroxylation is 1. The number of hydrogen-bond donors (Lipinski definition) is 3. The zero-order valence-electron chi connectivity index (χ0n) is 16.2. The molecule has 2 heterocycles. The van der Waals surface area contributed by atoms with Crippen molar-refractivity contribution < 1.29 is 4.79 Å². The quantitative estimate of drug-likeness (QED) is 0.556. The molecule has 144 valence electrons. The molecule has 0 saturated carbocycles. The van der Waals surface area contributed by atoms with E-state index in [1.807, 2.05) is 69.3 Å². The third-order valence-corrected chi connectivity index (χ3v) is 3.79. The smallest absolute Gasteiger partial charge is 0.224 e. The summed E-state index contributed by atoms with van der Waals surface area (Å²) < 4.78 is 0. The summed E-state index contributed by atoms with van der Waals surface area (Å²) >= 11 is 0. The largest absolute Gasteiger partial charge is 0.340 e. The van der Waals surface area contributed by atoms with Gasteiger partial charge in [0, 0.05) is 30.1 Å². The van der Waals surface area contributed by atoms with Crippen LogP contribution in [-0.4, -0.2) is 20.9 Å². The number of amides is 1. The molecular weight excluding hydrogens is 352 g/mol. The molecule has 0 saturated heterocycles. The van der Waals surface area contributed by atoms with E-state index in [4.69, 9.17) is 0 Å². The molecule has 0 bridgehead atoms. The van der Waals surface area contributed by atoms with Gasteiger partial charge >= 0.3 is 0 Å². The summed E-state index contributed by atoms with van der Waals surface area (Å²) in [7, 11) is 0. The summed E-state index contributed by atoms with van der Waals surface area (Å²) in [6, 6.07) is 15.0. The Morgan fingerprint density at radius 3 is 2.25 bits per heavy atom. The van der Waals surface area contributed by atoms with Crippen molar-refractivity contribution in [1.29, 1.82) is 0 Å². The van der Waals surface area contributed by atoms with Crippen LogP contribution in [0.2, 0.25) is 0 Å². The number of anilines is 5. The molecule has 3 rings (SSSR count). The maximum absolute atomic E-state index is 11.9. The molecule has 7 heteroatoms. The van der Waals surface area contributed by atoms with Crippen LogP contribution < -0.4 is 16.0 Å². The third-order valence-electron chi connectivity index (χ3n) is 3.79. The van der Waals surface area contributed by atoms with Crippen molar-refractivity contribution in [3.63, 3.8) is 0 Å². The topological polar surface area (TPSA) is 91.8 Å². The van der Waals surface area contributed by atoms with Crippen molar-refractivity contribution in [1.82, 2.24) is 15.0 Å². The van der Waals surface area contributed by atoms with Gasteiger partial charge in [-0.05, 0) is 49.2 Å². The van der Waals surface area contributed by atoms with Gasteiger partial charge in [-0.25, -0.2) is 15.0 Å². The van der Waals surface area contributed by atoms with E-state index in [1.165, 1.54) is 0 Å². The standard InChI is InChI=1S/C21H24N6O/c1-14(2)12-21(28)26-17-9-7-16(8-10-17)25-19-13-20(24-15(3)23-19)27-18-6-4-5-11-22-18/h4-11,13-14H,12H2,1-3H3,(H,26,28)(H2,22,23,24,25,27). The van der Waals surface area contributed by atoms with E-state index in [9.17, 15) is 4.79 Å². The van der Waals surface area contributed by atoms with Crippen molar-refractivity contribution in [3.05, 3.63) is 60.6 Å². The maximum Gasteiger partial charge on any atom is 0.224 e. The Morgan fingerprint density at radius 1 is 0.929 bits per heavy atom. The van der Waals surface area contributed by atoms with E-state index in [0.29, 0.717) is 35.6 Å². The Morgan fingerprint density at radius 2 is 1.61 bits per heavy atom. The van der Waals surface area contributed by atoms with Crippen molar-refractivity contribution >= 4 is 34.7 Å². The molecule has 1 amide bonds. The minimum atomic E-state index is 0.0207. The number of pyridine rings is 1. The van der Waals surface area contributed by atoms with Crippen LogP contribution in [0.1, 0.15) is 26.1 Å². The fraction of sp³-hybridized carbons (Fsp3) is 0.238. The normalized spacial score (nSPS) is 10.6. The van der Waals surface area contributed by atoms with Gasteiger partial charge in [-0.2, -0.15) is 0 Å². The number of rotatable bonds is 7. The second kappa shape index (κ2) is 8.94. The number of carbonyl (C=O) groups excluding carboxylic acids is 1. The Balaban J connectivity index is 1.67. The molecule has 0 aliphatic carbocycles. The summed E-state index contributed by atoms with van der Waals surface area (Å²) in [6.07, 6.45) is 2.23. The van der Waals surface area contributed by atoms with Crippen LogP contribution in [0.15, 0.2) is 54.7 Å². The van der Waals surface area contributed by atoms with E-state index in [-0.39, 0.29) is 5.91 Å². The van der Waals surface area contributed by atoms with Crippen LogP contribution >= 0.6 is 0 Å². The van der Waals surface area contributed by atoms with E-state index >= 15 is 0 Å². The van der Waals surface area contributed by atoms with Gasteiger partial charge in [0.2, 0.25) is 5.91 Å². The molecule has 0 unspecified atom stereocenters. The zero-order valence-corrected chi connectivity index (χ0v) is 16.2. The number of hydrogen-bond acceptors (Lipinski definition) is 6. The number of aromatic nitrogens is 3. The van der Waals surface area contributed by atoms with Gasteiger partial charge in [0.25, 0.3) is 0 Å². The summed E-state index contributed by atoms with van der Waals surface area (Å²) in [5.74, 6) is 3.03. The fourth-order valence-corrected chi connectivity index (χ4v) is 2.63. The molecular formula is C21H24N6O. The van der Waals surface area contributed by atoms with Gasteiger partial charge in [0.1, 0.15) is 23.3 Å². The lowest BCUT2D eigenvalue weighted by Gasteiger charge is -2.11. The van der Waals surface area contributed by atoms with E-state index in [0.717, 1.165) is 11.4 Å². The van der Waals surface area contributed by atoms with Crippen LogP contribution in [0.3, 0.4) is 0 Å². The summed E-state index contributed by atoms with van der Waals surface area (Å²) in [5.41, 5.74) is 1.64. The molecule has 0 fully saturated rings. The summed E-state index contributed by atoms with van der Waals surface area (Å²) in [6.45, 7) is 5.88. The molecule has 3 aromatic rings. The zero-order chi connectivity index (χ0) is 19.9. The minimum Gasteiger partial charge on any atom is -0.340 e. The Bertz CT molecular complexity index is 925. The second-order valence-corrected chi connectivity index (χ2v) is 6.87. The highest BCUT2D eigenvalue weighted by Crippen LogP contribution is 2.21. The average Bonchev–Trinajstić information content (AvgIpc) is 2.63. The highest BCUT2D eigenvalue weighted by Gasteiger charge is 2.06. The van der Waals surface area contributed by atoms with Crippen LogP contribution in [0, 0.1) is 12.8 Å². The monoisotopic (exact) mass is 376 g/mol. The number of benzene rings is 1. The molecule has 3 N–H and O–H groups in total. The van der Waals surface area contributed by atoms with E-state index in [1.54, 1.807) is 6.20 Å². The highest BCUT2D eigenvalue weighted by atomic mass is 16.1. The van der Waals surface area contributed by atoms with Crippen LogP contribution in [0.4, 0.5) is 28.8 Å². The molecule has 28 heavy (non-hydrogen) atoms. The molecule has 0 aliphatic heterocycles. The lowest BCUT2D eigenvalue weighted by Crippen LogP contribution is -2.13. The van der Waals surface area contributed by atoms with Gasteiger partial charge in [0.05, 0.1) is 0 Å². The lowest BCUT2D eigenvalue weighted by molar-refractivity contribution is -0.116. The average molecular weight is 376 g/mol. The molecule has 0 aliphatic rings. The highest BCUT2D eigenvalue weighted by molar-refractivity contribution is 5.91. The Kier molecular flexibility index (Phi) is 6.16. The first-order valence-electron chi connectivity index (χ1n) is 9.18. The molecule has 1 aromatic carbocycles. The molecule has 0 radical (unpaired) electrons. The van der Waals surface area contributed by atoms with Crippen molar-refractivity contribution in [2.24, 2.45) is 5.92 Å². The third kappa shape index (κ3) is 5.77. The van der Waals surface area contributed by atoms with Crippen molar-refractivity contribution in [2.45, 2.75) is 27.2 Å². The molecule has 0 spiro atoms. The summed E-state index contributed by atoms with van der Waals surface area (Å²) in [4.78, 5) is 24.9. The molecule has 2 aromatic heterocycles. The van der Waals surface area contributed by atoms with Crippen LogP contribution in [-0.2, 0) is 4.79 Å². The van der Waals surface area contributed by atoms with E-state index < -0.39 is 0 Å². The molecule has 7 nitrogen and oxygen atoms in total. The summed E-state index contributed by atoms with van der Waals surface area (Å²) in [5, 5.41) is 9.33. The lowest BCUT2D eigenvalue weighted by atomic mass is 10.1. The van der Waals surface area contributed by atoms with Crippen molar-refractivity contribution in [2.75, 3.05) is 16.0 Å². The van der Waals surface area contributed by atoms with E-state index in [2.05, 4.69) is 30.9 Å². The van der Waals surface area contributed by atoms with Gasteiger partial charge in [-0.1, -0.05) is 19.9 Å². The van der Waals surface area contributed by atoms with Gasteiger partial charge < -0.3 is 16.0 Å². The first-order chi connectivity index (χ1) is 13.5. The Labute approximate surface area is 164 Å². The SMILES string of the molecule is Cc1nc(Nc2ccc(NC(=O)CC(C)C)cc2)cc(Nc2ccccn2)n1. The number of carbonyl (C=O) groups is 1. The van der Waals surface area contributed by atoms with Crippen molar-refractivity contribution in [3.8, 4) is 0 Å².